The maximum atomic E-state index is 11.7. The molecule has 0 bridgehead atoms. The van der Waals surface area contributed by atoms with Crippen molar-refractivity contribution in [2.24, 2.45) is 0 Å². The van der Waals surface area contributed by atoms with Crippen molar-refractivity contribution < 1.29 is 0 Å². The van der Waals surface area contributed by atoms with Gasteiger partial charge >= 0.3 is 0 Å². The summed E-state index contributed by atoms with van der Waals surface area (Å²) in [7, 11) is 0. The summed E-state index contributed by atoms with van der Waals surface area (Å²) in [6.45, 7) is 0. The molecule has 0 aliphatic rings. The summed E-state index contributed by atoms with van der Waals surface area (Å²) in [5.41, 5.74) is 7.18. The fourth-order valence-electron chi connectivity index (χ4n) is 1.51. The van der Waals surface area contributed by atoms with Gasteiger partial charge in [0, 0.05) is 17.3 Å². The van der Waals surface area contributed by atoms with E-state index in [1.54, 1.807) is 6.07 Å². The van der Waals surface area contributed by atoms with Gasteiger partial charge in [-0.3, -0.25) is 4.79 Å². The minimum atomic E-state index is -0.241. The summed E-state index contributed by atoms with van der Waals surface area (Å²) in [5.74, 6) is 0.222. The van der Waals surface area contributed by atoms with Gasteiger partial charge in [0.25, 0.3) is 5.56 Å². The number of aromatic amines is 1. The Morgan fingerprint density at radius 2 is 1.94 bits per heavy atom. The average molecular weight is 213 g/mol. The van der Waals surface area contributed by atoms with E-state index in [-0.39, 0.29) is 11.4 Å². The highest BCUT2D eigenvalue weighted by atomic mass is 16.1. The Labute approximate surface area is 92.3 Å². The molecule has 0 unspecified atom stereocenters. The number of nitrogen functional groups attached to an aromatic ring is 1. The van der Waals surface area contributed by atoms with Crippen LogP contribution in [-0.4, -0.2) is 11.2 Å². The number of pyridine rings is 1. The molecule has 4 N–H and O–H groups in total. The van der Waals surface area contributed by atoms with Crippen LogP contribution >= 0.6 is 0 Å². The van der Waals surface area contributed by atoms with E-state index < -0.39 is 0 Å². The van der Waals surface area contributed by atoms with Gasteiger partial charge in [0.1, 0.15) is 5.82 Å². The Bertz CT molecular complexity index is 573. The van der Waals surface area contributed by atoms with Gasteiger partial charge < -0.3 is 16.1 Å². The van der Waals surface area contributed by atoms with Gasteiger partial charge in [-0.2, -0.15) is 0 Å². The molecule has 0 aliphatic carbocycles. The first kappa shape index (κ1) is 10.2. The predicted octanol–water partition coefficient (Wildman–Crippen LogP) is 1.62. The molecule has 0 saturated heterocycles. The normalized spacial score (nSPS) is 10.0. The summed E-state index contributed by atoms with van der Waals surface area (Å²) in [5, 5.41) is 7.19. The summed E-state index contributed by atoms with van der Waals surface area (Å²) in [4.78, 5) is 14.2. The largest absolute Gasteiger partial charge is 0.385 e. The Morgan fingerprint density at radius 3 is 2.56 bits per heavy atom. The molecule has 0 fully saturated rings. The van der Waals surface area contributed by atoms with E-state index in [1.807, 2.05) is 30.3 Å². The van der Waals surface area contributed by atoms with Crippen LogP contribution in [0, 0.1) is 5.41 Å². The monoisotopic (exact) mass is 213 g/mol. The smallest absolute Gasteiger partial charge is 0.257 e. The van der Waals surface area contributed by atoms with Gasteiger partial charge in [-0.15, -0.1) is 0 Å². The molecular weight excluding hydrogens is 202 g/mol. The van der Waals surface area contributed by atoms with Crippen LogP contribution in [0.1, 0.15) is 5.56 Å². The van der Waals surface area contributed by atoms with Gasteiger partial charge in [-0.1, -0.05) is 30.3 Å². The topological polar surface area (TPSA) is 82.7 Å². The van der Waals surface area contributed by atoms with Gasteiger partial charge in [0.05, 0.1) is 0 Å². The molecule has 0 radical (unpaired) electrons. The molecule has 80 valence electrons. The molecule has 0 aliphatic heterocycles. The van der Waals surface area contributed by atoms with Crippen molar-refractivity contribution in [3.05, 3.63) is 52.3 Å². The molecule has 1 heterocycles. The first-order chi connectivity index (χ1) is 7.72. The third-order valence-corrected chi connectivity index (χ3v) is 2.34. The van der Waals surface area contributed by atoms with E-state index in [1.165, 1.54) is 0 Å². The summed E-state index contributed by atoms with van der Waals surface area (Å²) in [6, 6.07) is 10.9. The highest BCUT2D eigenvalue weighted by Gasteiger charge is 2.06. The molecule has 4 nitrogen and oxygen atoms in total. The molecule has 2 rings (SSSR count). The number of nitrogens with two attached hydrogens (primary N) is 1. The van der Waals surface area contributed by atoms with Crippen molar-refractivity contribution in [2.45, 2.75) is 0 Å². The van der Waals surface area contributed by atoms with Crippen LogP contribution in [0.3, 0.4) is 0 Å². The van der Waals surface area contributed by atoms with Gasteiger partial charge in [-0.25, -0.2) is 0 Å². The Kier molecular flexibility index (Phi) is 2.55. The van der Waals surface area contributed by atoms with Crippen molar-refractivity contribution in [3.8, 4) is 11.1 Å². The first-order valence-electron chi connectivity index (χ1n) is 4.81. The minimum absolute atomic E-state index is 0.222. The molecule has 16 heavy (non-hydrogen) atoms. The average Bonchev–Trinajstić information content (AvgIpc) is 2.30. The van der Waals surface area contributed by atoms with Crippen LogP contribution in [0.5, 0.6) is 0 Å². The lowest BCUT2D eigenvalue weighted by Gasteiger charge is -2.04. The number of nitrogens with one attached hydrogen (secondary N) is 2. The molecule has 2 aromatic rings. The molecule has 1 aromatic carbocycles. The first-order valence-corrected chi connectivity index (χ1v) is 4.81. The second-order valence-electron chi connectivity index (χ2n) is 3.39. The second kappa shape index (κ2) is 4.02. The third-order valence-electron chi connectivity index (χ3n) is 2.34. The standard InChI is InChI=1S/C12H11N3O/c13-7-9-6-10(12(16)15-11(9)14)8-4-2-1-3-5-8/h1-7,13H,(H3,14,15,16). The van der Waals surface area contributed by atoms with Gasteiger partial charge in [0.15, 0.2) is 0 Å². The molecule has 4 heteroatoms. The van der Waals surface area contributed by atoms with E-state index >= 15 is 0 Å². The number of aromatic nitrogens is 1. The zero-order valence-electron chi connectivity index (χ0n) is 8.53. The SMILES string of the molecule is N=Cc1cc(-c2ccccc2)c(=O)[nH]c1N. The summed E-state index contributed by atoms with van der Waals surface area (Å²) in [6.07, 6.45) is 1.12. The quantitative estimate of drug-likeness (QED) is 0.662. The molecular formula is C12H11N3O. The van der Waals surface area contributed by atoms with E-state index in [0.717, 1.165) is 11.8 Å². The number of hydrogen-bond acceptors (Lipinski definition) is 3. The van der Waals surface area contributed by atoms with Crippen LogP contribution < -0.4 is 11.3 Å². The van der Waals surface area contributed by atoms with Crippen LogP contribution in [0.25, 0.3) is 11.1 Å². The van der Waals surface area contributed by atoms with Crippen LogP contribution in [0.15, 0.2) is 41.2 Å². The lowest BCUT2D eigenvalue weighted by atomic mass is 10.1. The maximum absolute atomic E-state index is 11.7. The number of H-pyrrole nitrogens is 1. The maximum Gasteiger partial charge on any atom is 0.257 e. The minimum Gasteiger partial charge on any atom is -0.385 e. The third kappa shape index (κ3) is 1.72. The molecule has 1 aromatic heterocycles. The van der Waals surface area contributed by atoms with Crippen LogP contribution in [0.4, 0.5) is 5.82 Å². The zero-order chi connectivity index (χ0) is 11.5. The fraction of sp³-hybridized carbons (Fsp3) is 0. The van der Waals surface area contributed by atoms with Crippen molar-refractivity contribution in [3.63, 3.8) is 0 Å². The molecule has 0 atom stereocenters. The molecule has 0 saturated carbocycles. The Balaban J connectivity index is 2.67. The predicted molar refractivity (Wildman–Crippen MR) is 64.8 cm³/mol. The summed E-state index contributed by atoms with van der Waals surface area (Å²) >= 11 is 0. The van der Waals surface area contributed by atoms with Gasteiger partial charge in [0.2, 0.25) is 0 Å². The number of hydrogen-bond donors (Lipinski definition) is 3. The van der Waals surface area contributed by atoms with E-state index in [2.05, 4.69) is 4.98 Å². The van der Waals surface area contributed by atoms with Crippen molar-refractivity contribution in [2.75, 3.05) is 5.73 Å². The van der Waals surface area contributed by atoms with Crippen LogP contribution in [-0.2, 0) is 0 Å². The highest BCUT2D eigenvalue weighted by molar-refractivity contribution is 5.85. The lowest BCUT2D eigenvalue weighted by molar-refractivity contribution is 1.24. The summed E-state index contributed by atoms with van der Waals surface area (Å²) < 4.78 is 0. The zero-order valence-corrected chi connectivity index (χ0v) is 8.53. The fourth-order valence-corrected chi connectivity index (χ4v) is 1.51. The van der Waals surface area contributed by atoms with Gasteiger partial charge in [-0.05, 0) is 11.6 Å². The lowest BCUT2D eigenvalue weighted by Crippen LogP contribution is -2.13. The molecule has 0 spiro atoms. The highest BCUT2D eigenvalue weighted by Crippen LogP contribution is 2.16. The van der Waals surface area contributed by atoms with Crippen molar-refractivity contribution >= 4 is 12.0 Å². The van der Waals surface area contributed by atoms with E-state index in [0.29, 0.717) is 11.1 Å². The second-order valence-corrected chi connectivity index (χ2v) is 3.39. The van der Waals surface area contributed by atoms with Crippen LogP contribution in [0.2, 0.25) is 0 Å². The van der Waals surface area contributed by atoms with Crippen molar-refractivity contribution in [1.82, 2.24) is 4.98 Å². The molecule has 0 amide bonds. The van der Waals surface area contributed by atoms with E-state index in [4.69, 9.17) is 11.1 Å². The van der Waals surface area contributed by atoms with Crippen molar-refractivity contribution in [1.29, 1.82) is 5.41 Å². The number of rotatable bonds is 2. The Morgan fingerprint density at radius 1 is 1.25 bits per heavy atom. The number of benzene rings is 1. The number of anilines is 1. The Hall–Kier alpha value is -2.36. The van der Waals surface area contributed by atoms with E-state index in [9.17, 15) is 4.79 Å².